The van der Waals surface area contributed by atoms with E-state index < -0.39 is 11.9 Å². The van der Waals surface area contributed by atoms with Crippen LogP contribution >= 0.6 is 0 Å². The zero-order valence-corrected chi connectivity index (χ0v) is 11.1. The lowest BCUT2D eigenvalue weighted by Crippen LogP contribution is -2.10. The first-order valence-corrected chi connectivity index (χ1v) is 6.23. The normalized spacial score (nSPS) is 9.71. The molecule has 0 aliphatic heterocycles. The number of benzene rings is 2. The summed E-state index contributed by atoms with van der Waals surface area (Å²) in [5.41, 5.74) is 6.92. The Morgan fingerprint density at radius 1 is 0.952 bits per heavy atom. The van der Waals surface area contributed by atoms with Crippen molar-refractivity contribution in [3.05, 3.63) is 71.9 Å². The summed E-state index contributed by atoms with van der Waals surface area (Å²) in [4.78, 5) is 24.0. The van der Waals surface area contributed by atoms with Gasteiger partial charge in [0.05, 0.1) is 5.56 Å². The molecular formula is C16H14N2O3. The Kier molecular flexibility index (Phi) is 4.36. The fourth-order valence-corrected chi connectivity index (χ4v) is 1.78. The third-order valence-corrected chi connectivity index (χ3v) is 2.86. The molecule has 3 aromatic rings. The van der Waals surface area contributed by atoms with E-state index >= 15 is 0 Å². The lowest BCUT2D eigenvalue weighted by molar-refractivity contribution is 0.0696. The topological polar surface area (TPSA) is 96.2 Å². The number of nitrogens with two attached hydrogens (primary N) is 1. The molecule has 1 amide bonds. The second kappa shape index (κ2) is 6.38. The zero-order valence-electron chi connectivity index (χ0n) is 11.1. The standard InChI is InChI=1S/C9H8N2O.C7H6O2/c10-9(12)7-2-1-6-3-4-11-8(6)5-7;8-7(9)6-4-2-1-3-5-6/h1-5,11H,(H2,10,12);1-5H,(H,8,9). The van der Waals surface area contributed by atoms with Gasteiger partial charge in [-0.05, 0) is 35.7 Å². The molecule has 5 heteroatoms. The maximum absolute atomic E-state index is 10.8. The summed E-state index contributed by atoms with van der Waals surface area (Å²) in [5.74, 6) is -1.28. The highest BCUT2D eigenvalue weighted by molar-refractivity contribution is 5.96. The molecule has 1 aromatic heterocycles. The first-order chi connectivity index (χ1) is 10.1. The number of amides is 1. The fraction of sp³-hybridized carbons (Fsp3) is 0. The van der Waals surface area contributed by atoms with Crippen LogP contribution in [0.3, 0.4) is 0 Å². The number of primary amides is 1. The third kappa shape index (κ3) is 3.70. The number of rotatable bonds is 2. The van der Waals surface area contributed by atoms with E-state index in [1.165, 1.54) is 0 Å². The second-order valence-electron chi connectivity index (χ2n) is 4.32. The van der Waals surface area contributed by atoms with Crippen molar-refractivity contribution in [3.8, 4) is 0 Å². The molecule has 1 heterocycles. The highest BCUT2D eigenvalue weighted by atomic mass is 16.4. The average molecular weight is 282 g/mol. The van der Waals surface area contributed by atoms with Crippen molar-refractivity contribution in [1.29, 1.82) is 0 Å². The Balaban J connectivity index is 0.000000161. The lowest BCUT2D eigenvalue weighted by atomic mass is 10.1. The van der Waals surface area contributed by atoms with Gasteiger partial charge in [0, 0.05) is 17.3 Å². The summed E-state index contributed by atoms with van der Waals surface area (Å²) in [6.07, 6.45) is 1.83. The van der Waals surface area contributed by atoms with Crippen LogP contribution in [-0.2, 0) is 0 Å². The minimum Gasteiger partial charge on any atom is -0.478 e. The minimum absolute atomic E-state index is 0.331. The van der Waals surface area contributed by atoms with Crippen molar-refractivity contribution in [3.63, 3.8) is 0 Å². The Hall–Kier alpha value is -3.08. The SMILES string of the molecule is NC(=O)c1ccc2cc[nH]c2c1.O=C(O)c1ccccc1. The predicted molar refractivity (Wildman–Crippen MR) is 80.2 cm³/mol. The maximum Gasteiger partial charge on any atom is 0.335 e. The Labute approximate surface area is 121 Å². The lowest BCUT2D eigenvalue weighted by Gasteiger charge is -1.94. The van der Waals surface area contributed by atoms with E-state index in [0.717, 1.165) is 10.9 Å². The average Bonchev–Trinajstić information content (AvgIpc) is 2.96. The molecular weight excluding hydrogens is 268 g/mol. The summed E-state index contributed by atoms with van der Waals surface area (Å²) in [6, 6.07) is 15.6. The number of carboxylic acids is 1. The number of hydrogen-bond donors (Lipinski definition) is 3. The first kappa shape index (κ1) is 14.3. The van der Waals surface area contributed by atoms with Gasteiger partial charge in [-0.2, -0.15) is 0 Å². The van der Waals surface area contributed by atoms with Gasteiger partial charge >= 0.3 is 5.97 Å². The van der Waals surface area contributed by atoms with Crippen LogP contribution in [-0.4, -0.2) is 22.0 Å². The van der Waals surface area contributed by atoms with Crippen molar-refractivity contribution in [2.45, 2.75) is 0 Å². The molecule has 0 spiro atoms. The molecule has 4 N–H and O–H groups in total. The maximum atomic E-state index is 10.8. The van der Waals surface area contributed by atoms with E-state index in [4.69, 9.17) is 10.8 Å². The minimum atomic E-state index is -0.879. The van der Waals surface area contributed by atoms with Gasteiger partial charge in [0.2, 0.25) is 5.91 Å². The van der Waals surface area contributed by atoms with Crippen molar-refractivity contribution >= 4 is 22.8 Å². The number of H-pyrrole nitrogens is 1. The largest absolute Gasteiger partial charge is 0.478 e. The first-order valence-electron chi connectivity index (χ1n) is 6.23. The van der Waals surface area contributed by atoms with Crippen molar-refractivity contribution in [2.75, 3.05) is 0 Å². The molecule has 0 aliphatic carbocycles. The van der Waals surface area contributed by atoms with Gasteiger partial charge in [0.25, 0.3) is 0 Å². The van der Waals surface area contributed by atoms with Gasteiger partial charge in [-0.1, -0.05) is 24.3 Å². The summed E-state index contributed by atoms with van der Waals surface area (Å²) in [5, 5.41) is 9.47. The van der Waals surface area contributed by atoms with Crippen LogP contribution in [0.15, 0.2) is 60.8 Å². The zero-order chi connectivity index (χ0) is 15.2. The van der Waals surface area contributed by atoms with Crippen LogP contribution in [0.4, 0.5) is 0 Å². The quantitative estimate of drug-likeness (QED) is 0.674. The molecule has 0 atom stereocenters. The molecule has 0 unspecified atom stereocenters. The molecule has 0 aliphatic rings. The summed E-state index contributed by atoms with van der Waals surface area (Å²) in [7, 11) is 0. The van der Waals surface area contributed by atoms with E-state index in [1.807, 2.05) is 18.3 Å². The van der Waals surface area contributed by atoms with Crippen LogP contribution in [0.25, 0.3) is 10.9 Å². The van der Waals surface area contributed by atoms with Crippen molar-refractivity contribution in [2.24, 2.45) is 5.73 Å². The van der Waals surface area contributed by atoms with Crippen LogP contribution in [0.1, 0.15) is 20.7 Å². The van der Waals surface area contributed by atoms with Crippen LogP contribution < -0.4 is 5.73 Å². The van der Waals surface area contributed by atoms with E-state index in [9.17, 15) is 9.59 Å². The number of aromatic nitrogens is 1. The number of carbonyl (C=O) groups excluding carboxylic acids is 1. The smallest absolute Gasteiger partial charge is 0.335 e. The van der Waals surface area contributed by atoms with Crippen molar-refractivity contribution in [1.82, 2.24) is 4.98 Å². The molecule has 0 bridgehead atoms. The van der Waals surface area contributed by atoms with E-state index in [-0.39, 0.29) is 0 Å². The molecule has 0 saturated carbocycles. The summed E-state index contributed by atoms with van der Waals surface area (Å²) < 4.78 is 0. The molecule has 5 nitrogen and oxygen atoms in total. The van der Waals surface area contributed by atoms with Crippen LogP contribution in [0, 0.1) is 0 Å². The Bertz CT molecular complexity index is 763. The Morgan fingerprint density at radius 3 is 2.24 bits per heavy atom. The van der Waals surface area contributed by atoms with Gasteiger partial charge in [-0.15, -0.1) is 0 Å². The van der Waals surface area contributed by atoms with Gasteiger partial charge in [0.1, 0.15) is 0 Å². The van der Waals surface area contributed by atoms with E-state index in [2.05, 4.69) is 4.98 Å². The number of carboxylic acid groups (broad SMARTS) is 1. The molecule has 3 rings (SSSR count). The van der Waals surface area contributed by atoms with Gasteiger partial charge in [0.15, 0.2) is 0 Å². The van der Waals surface area contributed by atoms with Crippen LogP contribution in [0.2, 0.25) is 0 Å². The fourth-order valence-electron chi connectivity index (χ4n) is 1.78. The van der Waals surface area contributed by atoms with Gasteiger partial charge < -0.3 is 15.8 Å². The van der Waals surface area contributed by atoms with Gasteiger partial charge in [-0.25, -0.2) is 4.79 Å². The molecule has 21 heavy (non-hydrogen) atoms. The molecule has 0 saturated heterocycles. The highest BCUT2D eigenvalue weighted by Gasteiger charge is 2.00. The highest BCUT2D eigenvalue weighted by Crippen LogP contribution is 2.13. The number of fused-ring (bicyclic) bond motifs is 1. The second-order valence-corrected chi connectivity index (χ2v) is 4.32. The number of aromatic amines is 1. The monoisotopic (exact) mass is 282 g/mol. The number of nitrogens with one attached hydrogen (secondary N) is 1. The number of carbonyl (C=O) groups is 2. The van der Waals surface area contributed by atoms with E-state index in [0.29, 0.717) is 11.1 Å². The third-order valence-electron chi connectivity index (χ3n) is 2.86. The number of hydrogen-bond acceptors (Lipinski definition) is 2. The van der Waals surface area contributed by atoms with Gasteiger partial charge in [-0.3, -0.25) is 4.79 Å². The summed E-state index contributed by atoms with van der Waals surface area (Å²) in [6.45, 7) is 0. The molecule has 0 fully saturated rings. The molecule has 106 valence electrons. The Morgan fingerprint density at radius 2 is 1.67 bits per heavy atom. The van der Waals surface area contributed by atoms with E-state index in [1.54, 1.807) is 42.5 Å². The predicted octanol–water partition coefficient (Wildman–Crippen LogP) is 2.65. The molecule has 2 aromatic carbocycles. The molecule has 0 radical (unpaired) electrons. The summed E-state index contributed by atoms with van der Waals surface area (Å²) >= 11 is 0. The number of aromatic carboxylic acids is 1. The van der Waals surface area contributed by atoms with Crippen LogP contribution in [0.5, 0.6) is 0 Å². The van der Waals surface area contributed by atoms with Crippen molar-refractivity contribution < 1.29 is 14.7 Å².